The Kier molecular flexibility index (Phi) is 5.33. The van der Waals surface area contributed by atoms with E-state index in [4.69, 9.17) is 5.73 Å². The van der Waals surface area contributed by atoms with Gasteiger partial charge in [-0.15, -0.1) is 0 Å². The average molecular weight is 383 g/mol. The summed E-state index contributed by atoms with van der Waals surface area (Å²) >= 11 is 3.26. The number of primary amides is 1. The number of benzene rings is 2. The van der Waals surface area contributed by atoms with E-state index in [-0.39, 0.29) is 18.0 Å². The Labute approximate surface area is 137 Å². The van der Waals surface area contributed by atoms with E-state index in [0.717, 1.165) is 14.3 Å². The predicted octanol–water partition coefficient (Wildman–Crippen LogP) is 2.13. The SMILES string of the molecule is NC(=O)CN(Cc1ccccc1)S(=O)(=O)c1ccc(Br)cc1. The first-order valence-corrected chi connectivity index (χ1v) is 8.71. The molecule has 0 bridgehead atoms. The van der Waals surface area contributed by atoms with Gasteiger partial charge in [-0.05, 0) is 29.8 Å². The van der Waals surface area contributed by atoms with E-state index in [1.165, 1.54) is 12.1 Å². The van der Waals surface area contributed by atoms with Crippen molar-refractivity contribution in [2.75, 3.05) is 6.54 Å². The van der Waals surface area contributed by atoms with Gasteiger partial charge < -0.3 is 5.73 Å². The van der Waals surface area contributed by atoms with E-state index in [1.807, 2.05) is 18.2 Å². The number of nitrogens with zero attached hydrogens (tertiary/aromatic N) is 1. The van der Waals surface area contributed by atoms with Gasteiger partial charge in [-0.1, -0.05) is 46.3 Å². The van der Waals surface area contributed by atoms with Crippen LogP contribution in [0.5, 0.6) is 0 Å². The first-order chi connectivity index (χ1) is 10.4. The highest BCUT2D eigenvalue weighted by atomic mass is 79.9. The molecule has 0 unspecified atom stereocenters. The molecule has 2 rings (SSSR count). The van der Waals surface area contributed by atoms with Crippen LogP contribution in [0.25, 0.3) is 0 Å². The van der Waals surface area contributed by atoms with Gasteiger partial charge in [0.25, 0.3) is 0 Å². The van der Waals surface area contributed by atoms with Crippen molar-refractivity contribution < 1.29 is 13.2 Å². The van der Waals surface area contributed by atoms with Gasteiger partial charge in [-0.2, -0.15) is 4.31 Å². The highest BCUT2D eigenvalue weighted by Crippen LogP contribution is 2.20. The highest BCUT2D eigenvalue weighted by molar-refractivity contribution is 9.10. The predicted molar refractivity (Wildman–Crippen MR) is 87.4 cm³/mol. The Morgan fingerprint density at radius 1 is 1.05 bits per heavy atom. The first-order valence-electron chi connectivity index (χ1n) is 6.47. The molecule has 2 aromatic carbocycles. The van der Waals surface area contributed by atoms with Gasteiger partial charge in [-0.3, -0.25) is 4.79 Å². The number of rotatable bonds is 6. The zero-order valence-electron chi connectivity index (χ0n) is 11.6. The molecular formula is C15H15BrN2O3S. The lowest BCUT2D eigenvalue weighted by molar-refractivity contribution is -0.118. The molecule has 7 heteroatoms. The van der Waals surface area contributed by atoms with E-state index < -0.39 is 15.9 Å². The Morgan fingerprint density at radius 3 is 2.18 bits per heavy atom. The monoisotopic (exact) mass is 382 g/mol. The van der Waals surface area contributed by atoms with E-state index >= 15 is 0 Å². The second-order valence-electron chi connectivity index (χ2n) is 4.68. The fourth-order valence-electron chi connectivity index (χ4n) is 1.94. The maximum absolute atomic E-state index is 12.7. The number of nitrogens with two attached hydrogens (primary N) is 1. The third-order valence-electron chi connectivity index (χ3n) is 2.99. The number of hydrogen-bond donors (Lipinski definition) is 1. The van der Waals surface area contributed by atoms with Crippen LogP contribution in [0, 0.1) is 0 Å². The molecule has 116 valence electrons. The van der Waals surface area contributed by atoms with Crippen LogP contribution >= 0.6 is 15.9 Å². The Hall–Kier alpha value is -1.70. The molecule has 0 saturated carbocycles. The summed E-state index contributed by atoms with van der Waals surface area (Å²) in [6, 6.07) is 15.3. The van der Waals surface area contributed by atoms with Crippen molar-refractivity contribution in [2.45, 2.75) is 11.4 Å². The molecule has 2 N–H and O–H groups in total. The Bertz CT molecular complexity index is 746. The van der Waals surface area contributed by atoms with Crippen molar-refractivity contribution in [2.24, 2.45) is 5.73 Å². The molecule has 0 aliphatic carbocycles. The van der Waals surface area contributed by atoms with Crippen molar-refractivity contribution >= 4 is 31.9 Å². The van der Waals surface area contributed by atoms with Gasteiger partial charge in [0.1, 0.15) is 0 Å². The van der Waals surface area contributed by atoms with Crippen LogP contribution in [-0.4, -0.2) is 25.2 Å². The van der Waals surface area contributed by atoms with E-state index in [2.05, 4.69) is 15.9 Å². The lowest BCUT2D eigenvalue weighted by atomic mass is 10.2. The molecule has 0 aromatic heterocycles. The van der Waals surface area contributed by atoms with Gasteiger partial charge in [0.2, 0.25) is 15.9 Å². The molecule has 0 fully saturated rings. The summed E-state index contributed by atoms with van der Waals surface area (Å²) in [5.74, 6) is -0.698. The van der Waals surface area contributed by atoms with Gasteiger partial charge in [-0.25, -0.2) is 8.42 Å². The number of amides is 1. The summed E-state index contributed by atoms with van der Waals surface area (Å²) < 4.78 is 27.2. The van der Waals surface area contributed by atoms with Crippen molar-refractivity contribution in [1.82, 2.24) is 4.31 Å². The molecule has 22 heavy (non-hydrogen) atoms. The van der Waals surface area contributed by atoms with Crippen LogP contribution in [0.1, 0.15) is 5.56 Å². The molecule has 0 heterocycles. The van der Waals surface area contributed by atoms with Crippen LogP contribution in [0.3, 0.4) is 0 Å². The zero-order valence-corrected chi connectivity index (χ0v) is 14.0. The van der Waals surface area contributed by atoms with Gasteiger partial charge >= 0.3 is 0 Å². The van der Waals surface area contributed by atoms with Crippen LogP contribution in [0.15, 0.2) is 64.0 Å². The molecule has 0 aliphatic heterocycles. The third-order valence-corrected chi connectivity index (χ3v) is 5.32. The average Bonchev–Trinajstić information content (AvgIpc) is 2.47. The number of carbonyl (C=O) groups is 1. The molecule has 0 aliphatic rings. The minimum Gasteiger partial charge on any atom is -0.369 e. The summed E-state index contributed by atoms with van der Waals surface area (Å²) in [4.78, 5) is 11.4. The minimum absolute atomic E-state index is 0.0855. The van der Waals surface area contributed by atoms with Crippen molar-refractivity contribution in [3.8, 4) is 0 Å². The molecule has 0 radical (unpaired) electrons. The lowest BCUT2D eigenvalue weighted by Crippen LogP contribution is -2.37. The third kappa shape index (κ3) is 4.16. The second kappa shape index (κ2) is 7.04. The molecule has 5 nitrogen and oxygen atoms in total. The normalized spacial score (nSPS) is 11.5. The molecule has 2 aromatic rings. The fourth-order valence-corrected chi connectivity index (χ4v) is 3.60. The molecule has 0 atom stereocenters. The maximum Gasteiger partial charge on any atom is 0.243 e. The fraction of sp³-hybridized carbons (Fsp3) is 0.133. The molecule has 0 saturated heterocycles. The number of halogens is 1. The van der Waals surface area contributed by atoms with Gasteiger partial charge in [0, 0.05) is 11.0 Å². The summed E-state index contributed by atoms with van der Waals surface area (Å²) in [5.41, 5.74) is 5.98. The van der Waals surface area contributed by atoms with Crippen LogP contribution in [0.4, 0.5) is 0 Å². The quantitative estimate of drug-likeness (QED) is 0.830. The maximum atomic E-state index is 12.7. The smallest absolute Gasteiger partial charge is 0.243 e. The van der Waals surface area contributed by atoms with Crippen molar-refractivity contribution in [3.63, 3.8) is 0 Å². The summed E-state index contributed by atoms with van der Waals surface area (Å²) in [6.45, 7) is -0.282. The second-order valence-corrected chi connectivity index (χ2v) is 7.53. The first kappa shape index (κ1) is 16.7. The van der Waals surface area contributed by atoms with Crippen molar-refractivity contribution in [1.29, 1.82) is 0 Å². The van der Waals surface area contributed by atoms with Crippen LogP contribution in [0.2, 0.25) is 0 Å². The topological polar surface area (TPSA) is 80.5 Å². The summed E-state index contributed by atoms with van der Waals surface area (Å²) in [5, 5.41) is 0. The van der Waals surface area contributed by atoms with Crippen LogP contribution < -0.4 is 5.73 Å². The highest BCUT2D eigenvalue weighted by Gasteiger charge is 2.26. The molecule has 0 spiro atoms. The van der Waals surface area contributed by atoms with E-state index in [0.29, 0.717) is 0 Å². The van der Waals surface area contributed by atoms with E-state index in [9.17, 15) is 13.2 Å². The molecule has 1 amide bonds. The number of carbonyl (C=O) groups excluding carboxylic acids is 1. The number of sulfonamides is 1. The van der Waals surface area contributed by atoms with Gasteiger partial charge in [0.15, 0.2) is 0 Å². The number of hydrogen-bond acceptors (Lipinski definition) is 3. The largest absolute Gasteiger partial charge is 0.369 e. The standard InChI is InChI=1S/C15H15BrN2O3S/c16-13-6-8-14(9-7-13)22(20,21)18(11-15(17)19)10-12-4-2-1-3-5-12/h1-9H,10-11H2,(H2,17,19). The zero-order chi connectivity index (χ0) is 16.2. The van der Waals surface area contributed by atoms with Gasteiger partial charge in [0.05, 0.1) is 11.4 Å². The van der Waals surface area contributed by atoms with E-state index in [1.54, 1.807) is 24.3 Å². The summed E-state index contributed by atoms with van der Waals surface area (Å²) in [6.07, 6.45) is 0. The Morgan fingerprint density at radius 2 is 1.64 bits per heavy atom. The van der Waals surface area contributed by atoms with Crippen molar-refractivity contribution in [3.05, 3.63) is 64.6 Å². The molecular weight excluding hydrogens is 368 g/mol. The lowest BCUT2D eigenvalue weighted by Gasteiger charge is -2.21. The minimum atomic E-state index is -3.80. The van der Waals surface area contributed by atoms with Crippen LogP contribution in [-0.2, 0) is 21.4 Å². The Balaban J connectivity index is 2.35. The summed E-state index contributed by atoms with van der Waals surface area (Å²) in [7, 11) is -3.80.